The number of nitrogens with one attached hydrogen (secondary N) is 2. The lowest BCUT2D eigenvalue weighted by molar-refractivity contribution is -0.131. The van der Waals surface area contributed by atoms with Crippen molar-refractivity contribution in [2.75, 3.05) is 25.5 Å². The third kappa shape index (κ3) is 5.04. The van der Waals surface area contributed by atoms with E-state index in [1.54, 1.807) is 4.90 Å². The summed E-state index contributed by atoms with van der Waals surface area (Å²) in [6, 6.07) is -0.694. The molecule has 0 unspecified atom stereocenters. The fourth-order valence-electron chi connectivity index (χ4n) is 1.62. The zero-order chi connectivity index (χ0) is 12.7. The minimum atomic E-state index is -0.694. The average molecular weight is 262 g/mol. The van der Waals surface area contributed by atoms with Gasteiger partial charge in [-0.3, -0.25) is 14.9 Å². The van der Waals surface area contributed by atoms with Crippen molar-refractivity contribution in [3.05, 3.63) is 0 Å². The number of hydrogen-bond acceptors (Lipinski definition) is 3. The number of hydrogen-bond donors (Lipinski definition) is 2. The van der Waals surface area contributed by atoms with Crippen molar-refractivity contribution in [3.8, 4) is 0 Å². The van der Waals surface area contributed by atoms with E-state index in [1.807, 2.05) is 5.32 Å². The molecule has 7 heteroatoms. The van der Waals surface area contributed by atoms with Crippen molar-refractivity contribution < 1.29 is 14.4 Å². The molecule has 0 atom stereocenters. The van der Waals surface area contributed by atoms with Crippen molar-refractivity contribution in [2.45, 2.75) is 19.3 Å². The molecular weight excluding hydrogens is 246 g/mol. The van der Waals surface area contributed by atoms with Gasteiger partial charge in [0.25, 0.3) is 0 Å². The first kappa shape index (κ1) is 13.8. The fourth-order valence-corrected chi connectivity index (χ4v) is 1.68. The highest BCUT2D eigenvalue weighted by Gasteiger charge is 2.17. The van der Waals surface area contributed by atoms with Crippen LogP contribution < -0.4 is 10.6 Å². The van der Waals surface area contributed by atoms with Gasteiger partial charge in [0, 0.05) is 13.1 Å². The number of amides is 4. The van der Waals surface area contributed by atoms with E-state index in [1.165, 1.54) is 0 Å². The summed E-state index contributed by atoms with van der Waals surface area (Å²) in [4.78, 5) is 35.2. The van der Waals surface area contributed by atoms with Gasteiger partial charge < -0.3 is 10.2 Å². The van der Waals surface area contributed by atoms with Crippen molar-refractivity contribution in [2.24, 2.45) is 0 Å². The summed E-state index contributed by atoms with van der Waals surface area (Å²) in [6.45, 7) is 1.38. The van der Waals surface area contributed by atoms with Gasteiger partial charge in [0.15, 0.2) is 0 Å². The lowest BCUT2D eigenvalue weighted by atomic mass is 10.1. The number of nitrogens with zero attached hydrogens (tertiary/aromatic N) is 1. The molecule has 0 aromatic rings. The standard InChI is InChI=1S/C10H16ClN3O3/c11-6-8(15)13-10(17)12-7-9(16)14-4-2-1-3-5-14/h1-7H2,(H2,12,13,15,17). The van der Waals surface area contributed by atoms with Crippen LogP contribution in [0.3, 0.4) is 0 Å². The minimum absolute atomic E-state index is 0.0958. The quantitative estimate of drug-likeness (QED) is 0.706. The number of rotatable bonds is 3. The van der Waals surface area contributed by atoms with Crippen molar-refractivity contribution in [3.63, 3.8) is 0 Å². The first-order valence-corrected chi connectivity index (χ1v) is 6.08. The molecule has 1 heterocycles. The van der Waals surface area contributed by atoms with Crippen LogP contribution in [-0.4, -0.2) is 48.3 Å². The van der Waals surface area contributed by atoms with Gasteiger partial charge in [0.1, 0.15) is 5.88 Å². The number of alkyl halides is 1. The highest BCUT2D eigenvalue weighted by atomic mass is 35.5. The maximum absolute atomic E-state index is 11.6. The van der Waals surface area contributed by atoms with E-state index in [4.69, 9.17) is 11.6 Å². The Morgan fingerprint density at radius 2 is 1.76 bits per heavy atom. The second-order valence-corrected chi connectivity index (χ2v) is 4.07. The van der Waals surface area contributed by atoms with E-state index < -0.39 is 11.9 Å². The summed E-state index contributed by atoms with van der Waals surface area (Å²) < 4.78 is 0. The summed E-state index contributed by atoms with van der Waals surface area (Å²) >= 11 is 5.21. The molecule has 1 saturated heterocycles. The number of urea groups is 1. The molecule has 2 N–H and O–H groups in total. The number of imide groups is 1. The Labute approximate surface area is 105 Å². The molecule has 0 aromatic heterocycles. The Bertz CT molecular complexity index is 303. The van der Waals surface area contributed by atoms with Gasteiger partial charge in [-0.15, -0.1) is 11.6 Å². The predicted molar refractivity (Wildman–Crippen MR) is 62.7 cm³/mol. The van der Waals surface area contributed by atoms with Crippen LogP contribution in [-0.2, 0) is 9.59 Å². The summed E-state index contributed by atoms with van der Waals surface area (Å²) in [7, 11) is 0. The van der Waals surface area contributed by atoms with Crippen molar-refractivity contribution in [1.29, 1.82) is 0 Å². The van der Waals surface area contributed by atoms with Gasteiger partial charge in [-0.2, -0.15) is 0 Å². The molecule has 1 fully saturated rings. The van der Waals surface area contributed by atoms with E-state index in [0.717, 1.165) is 32.4 Å². The zero-order valence-electron chi connectivity index (χ0n) is 9.50. The number of piperidine rings is 1. The maximum Gasteiger partial charge on any atom is 0.321 e. The molecule has 1 aliphatic heterocycles. The number of likely N-dealkylation sites (tertiary alicyclic amines) is 1. The highest BCUT2D eigenvalue weighted by Crippen LogP contribution is 2.07. The van der Waals surface area contributed by atoms with E-state index >= 15 is 0 Å². The van der Waals surface area contributed by atoms with Crippen LogP contribution in [0.15, 0.2) is 0 Å². The minimum Gasteiger partial charge on any atom is -0.341 e. The second-order valence-electron chi connectivity index (χ2n) is 3.81. The third-order valence-corrected chi connectivity index (χ3v) is 2.73. The molecule has 17 heavy (non-hydrogen) atoms. The molecule has 4 amide bonds. The lowest BCUT2D eigenvalue weighted by Crippen LogP contribution is -2.46. The molecule has 1 aliphatic rings. The topological polar surface area (TPSA) is 78.5 Å². The molecule has 0 bridgehead atoms. The number of halogens is 1. The zero-order valence-corrected chi connectivity index (χ0v) is 10.3. The highest BCUT2D eigenvalue weighted by molar-refractivity contribution is 6.28. The van der Waals surface area contributed by atoms with Crippen LogP contribution in [0.5, 0.6) is 0 Å². The summed E-state index contributed by atoms with van der Waals surface area (Å²) in [5.74, 6) is -0.999. The Morgan fingerprint density at radius 1 is 1.12 bits per heavy atom. The normalized spacial score (nSPS) is 15.2. The smallest absolute Gasteiger partial charge is 0.321 e. The molecule has 0 spiro atoms. The molecule has 0 saturated carbocycles. The lowest BCUT2D eigenvalue weighted by Gasteiger charge is -2.26. The Kier molecular flexibility index (Phi) is 5.76. The maximum atomic E-state index is 11.6. The molecule has 0 radical (unpaired) electrons. The van der Waals surface area contributed by atoms with Crippen LogP contribution >= 0.6 is 11.6 Å². The second kappa shape index (κ2) is 7.11. The van der Waals surface area contributed by atoms with Gasteiger partial charge in [-0.25, -0.2) is 4.79 Å². The monoisotopic (exact) mass is 261 g/mol. The average Bonchev–Trinajstić information content (AvgIpc) is 2.36. The predicted octanol–water partition coefficient (Wildman–Crippen LogP) is 0.0635. The van der Waals surface area contributed by atoms with Crippen LogP contribution in [0, 0.1) is 0 Å². The van der Waals surface area contributed by atoms with Gasteiger partial charge in [0.2, 0.25) is 11.8 Å². The summed E-state index contributed by atoms with van der Waals surface area (Å²) in [5, 5.41) is 4.32. The van der Waals surface area contributed by atoms with Crippen molar-refractivity contribution >= 4 is 29.4 Å². The molecule has 0 aromatic carbocycles. The van der Waals surface area contributed by atoms with Crippen molar-refractivity contribution in [1.82, 2.24) is 15.5 Å². The summed E-state index contributed by atoms with van der Waals surface area (Å²) in [6.07, 6.45) is 3.15. The van der Waals surface area contributed by atoms with Crippen LogP contribution in [0.1, 0.15) is 19.3 Å². The molecule has 0 aliphatic carbocycles. The molecule has 96 valence electrons. The summed E-state index contributed by atoms with van der Waals surface area (Å²) in [5.41, 5.74) is 0. The number of carbonyl (C=O) groups excluding carboxylic acids is 3. The van der Waals surface area contributed by atoms with E-state index in [-0.39, 0.29) is 18.3 Å². The van der Waals surface area contributed by atoms with Gasteiger partial charge in [-0.1, -0.05) is 0 Å². The molecular formula is C10H16ClN3O3. The third-order valence-electron chi connectivity index (χ3n) is 2.48. The molecule has 6 nitrogen and oxygen atoms in total. The molecule has 1 rings (SSSR count). The van der Waals surface area contributed by atoms with Crippen LogP contribution in [0.2, 0.25) is 0 Å². The Morgan fingerprint density at radius 3 is 2.35 bits per heavy atom. The van der Waals surface area contributed by atoms with E-state index in [2.05, 4.69) is 5.32 Å². The van der Waals surface area contributed by atoms with E-state index in [0.29, 0.717) is 0 Å². The van der Waals surface area contributed by atoms with E-state index in [9.17, 15) is 14.4 Å². The SMILES string of the molecule is O=C(CCl)NC(=O)NCC(=O)N1CCCCC1. The van der Waals surface area contributed by atoms with Crippen LogP contribution in [0.25, 0.3) is 0 Å². The number of carbonyl (C=O) groups is 3. The van der Waals surface area contributed by atoms with Gasteiger partial charge in [-0.05, 0) is 19.3 Å². The Balaban J connectivity index is 2.22. The van der Waals surface area contributed by atoms with Gasteiger partial charge >= 0.3 is 6.03 Å². The first-order chi connectivity index (χ1) is 8.13. The first-order valence-electron chi connectivity index (χ1n) is 5.55. The fraction of sp³-hybridized carbons (Fsp3) is 0.700. The van der Waals surface area contributed by atoms with Crippen LogP contribution in [0.4, 0.5) is 4.79 Å². The largest absolute Gasteiger partial charge is 0.341 e. The van der Waals surface area contributed by atoms with Gasteiger partial charge in [0.05, 0.1) is 6.54 Å². The Hall–Kier alpha value is -1.30.